The van der Waals surface area contributed by atoms with Crippen LogP contribution in [0, 0.1) is 46.3 Å². The van der Waals surface area contributed by atoms with E-state index in [1.165, 1.54) is 45.1 Å². The van der Waals surface area contributed by atoms with Crippen molar-refractivity contribution >= 4 is 0 Å². The Morgan fingerprint density at radius 1 is 1.07 bits per heavy atom. The Morgan fingerprint density at radius 2 is 1.90 bits per heavy atom. The summed E-state index contributed by atoms with van der Waals surface area (Å²) in [6.45, 7) is 9.20. The Balaban J connectivity index is 1.35. The Hall–Kier alpha value is -0.380. The first-order valence-electron chi connectivity index (χ1n) is 13.1. The van der Waals surface area contributed by atoms with Crippen LogP contribution in [0.1, 0.15) is 78.6 Å². The quantitative estimate of drug-likeness (QED) is 0.616. The van der Waals surface area contributed by atoms with Crippen LogP contribution in [0.5, 0.6) is 0 Å². The molecule has 168 valence electrons. The third kappa shape index (κ3) is 2.49. The summed E-state index contributed by atoms with van der Waals surface area (Å²) in [4.78, 5) is 2.93. The van der Waals surface area contributed by atoms with Gasteiger partial charge in [-0.15, -0.1) is 0 Å². The highest BCUT2D eigenvalue weighted by molar-refractivity contribution is 5.27. The number of aliphatic hydroxyl groups excluding tert-OH is 2. The third-order valence-corrected chi connectivity index (χ3v) is 11.7. The number of nitrogens with zero attached hydrogens (tertiary/aromatic N) is 1. The van der Waals surface area contributed by atoms with E-state index in [9.17, 15) is 10.2 Å². The first-order chi connectivity index (χ1) is 14.4. The molecule has 2 saturated heterocycles. The summed E-state index contributed by atoms with van der Waals surface area (Å²) in [5, 5.41) is 21.2. The van der Waals surface area contributed by atoms with E-state index in [1.807, 2.05) is 0 Å². The Kier molecular flexibility index (Phi) is 4.60. The normalized spacial score (nSPS) is 57.6. The van der Waals surface area contributed by atoms with Crippen molar-refractivity contribution in [3.05, 3.63) is 11.6 Å². The minimum atomic E-state index is -0.120. The Bertz CT molecular complexity index is 734. The van der Waals surface area contributed by atoms with Crippen molar-refractivity contribution in [3.8, 4) is 0 Å². The van der Waals surface area contributed by atoms with Gasteiger partial charge in [-0.25, -0.2) is 0 Å². The van der Waals surface area contributed by atoms with Gasteiger partial charge in [0.15, 0.2) is 0 Å². The van der Waals surface area contributed by atoms with E-state index in [2.05, 4.69) is 31.7 Å². The monoisotopic (exact) mass is 413 g/mol. The molecule has 30 heavy (non-hydrogen) atoms. The molecule has 3 saturated carbocycles. The number of fused-ring (bicyclic) bond motifs is 9. The summed E-state index contributed by atoms with van der Waals surface area (Å²) in [6, 6.07) is 1.49. The van der Waals surface area contributed by atoms with Crippen LogP contribution in [0.4, 0.5) is 0 Å². The molecule has 0 bridgehead atoms. The summed E-state index contributed by atoms with van der Waals surface area (Å²) in [6.07, 6.45) is 13.3. The minimum absolute atomic E-state index is 0.120. The van der Waals surface area contributed by atoms with E-state index in [1.54, 1.807) is 5.57 Å². The molecule has 2 aliphatic heterocycles. The molecule has 3 nitrogen and oxygen atoms in total. The molecule has 6 aliphatic rings. The van der Waals surface area contributed by atoms with Crippen LogP contribution < -0.4 is 0 Å². The second kappa shape index (κ2) is 6.81. The second-order valence-electron chi connectivity index (χ2n) is 12.7. The molecule has 0 unspecified atom stereocenters. The van der Waals surface area contributed by atoms with E-state index in [-0.39, 0.29) is 11.5 Å². The van der Waals surface area contributed by atoms with Gasteiger partial charge >= 0.3 is 0 Å². The van der Waals surface area contributed by atoms with Crippen LogP contribution in [0.25, 0.3) is 0 Å². The summed E-state index contributed by atoms with van der Waals surface area (Å²) < 4.78 is 0. The van der Waals surface area contributed by atoms with Crippen LogP contribution in [-0.2, 0) is 0 Å². The maximum absolute atomic E-state index is 11.0. The van der Waals surface area contributed by atoms with Crippen LogP contribution in [0.3, 0.4) is 0 Å². The number of allylic oxidation sites excluding steroid dienone is 1. The number of piperidine rings is 1. The van der Waals surface area contributed by atoms with Crippen LogP contribution in [0.15, 0.2) is 11.6 Å². The highest BCUT2D eigenvalue weighted by atomic mass is 16.3. The summed E-state index contributed by atoms with van der Waals surface area (Å²) in [5.74, 6) is 4.48. The molecule has 0 radical (unpaired) electrons. The average molecular weight is 414 g/mol. The standard InChI is InChI=1S/C27H43NO2/c1-16-4-7-23-17(2)25-24(28(23)14-16)13-22-20-6-5-18-12-19(30)8-10-26(18,3)21(20)9-11-27(22,25)15-29/h5,16-17,19-25,29-30H,4,6-15H2,1-3H3/t16-,17+,19+,20+,21-,22+,23+,24-,25+,26-,27-/m0/s1. The minimum Gasteiger partial charge on any atom is -0.396 e. The zero-order chi connectivity index (χ0) is 20.8. The fourth-order valence-corrected chi connectivity index (χ4v) is 10.4. The van der Waals surface area contributed by atoms with Crippen molar-refractivity contribution in [2.75, 3.05) is 13.2 Å². The molecule has 0 spiro atoms. The molecule has 4 aliphatic carbocycles. The van der Waals surface area contributed by atoms with Gasteiger partial charge < -0.3 is 10.2 Å². The molecule has 6 rings (SSSR count). The van der Waals surface area contributed by atoms with E-state index < -0.39 is 0 Å². The van der Waals surface area contributed by atoms with Gasteiger partial charge in [0.25, 0.3) is 0 Å². The van der Waals surface area contributed by atoms with Gasteiger partial charge in [-0.05, 0) is 98.7 Å². The Morgan fingerprint density at radius 3 is 2.70 bits per heavy atom. The lowest BCUT2D eigenvalue weighted by Gasteiger charge is -2.58. The molecule has 11 atom stereocenters. The molecular formula is C27H43NO2. The lowest BCUT2D eigenvalue weighted by atomic mass is 9.46. The number of hydrogen-bond donors (Lipinski definition) is 2. The first-order valence-corrected chi connectivity index (χ1v) is 13.1. The second-order valence-corrected chi connectivity index (χ2v) is 12.7. The smallest absolute Gasteiger partial charge is 0.0577 e. The lowest BCUT2D eigenvalue weighted by Crippen LogP contribution is -2.53. The fourth-order valence-electron chi connectivity index (χ4n) is 10.4. The maximum atomic E-state index is 11.0. The predicted molar refractivity (Wildman–Crippen MR) is 120 cm³/mol. The largest absolute Gasteiger partial charge is 0.396 e. The number of rotatable bonds is 1. The van der Waals surface area contributed by atoms with Gasteiger partial charge in [0.05, 0.1) is 6.10 Å². The molecule has 2 N–H and O–H groups in total. The molecule has 0 aromatic heterocycles. The number of aliphatic hydroxyl groups is 2. The highest BCUT2D eigenvalue weighted by Crippen LogP contribution is 2.69. The SMILES string of the molecule is C[C@H]1CC[C@@H]2[C@@H](C)[C@@H]3[C@H](C[C@@H]4[C@@H]5CC=C6C[C@H](O)CC[C@]6(C)[C@H]5CC[C@@]34CO)N2C1. The van der Waals surface area contributed by atoms with Gasteiger partial charge in [0.2, 0.25) is 0 Å². The predicted octanol–water partition coefficient (Wildman–Crippen LogP) is 4.63. The molecule has 3 heteroatoms. The van der Waals surface area contributed by atoms with Gasteiger partial charge in [-0.2, -0.15) is 0 Å². The zero-order valence-corrected chi connectivity index (χ0v) is 19.4. The molecule has 0 amide bonds. The van der Waals surface area contributed by atoms with E-state index in [0.29, 0.717) is 23.9 Å². The summed E-state index contributed by atoms with van der Waals surface area (Å²) in [7, 11) is 0. The van der Waals surface area contributed by atoms with E-state index >= 15 is 0 Å². The van der Waals surface area contributed by atoms with Crippen molar-refractivity contribution < 1.29 is 10.2 Å². The molecule has 0 aromatic carbocycles. The van der Waals surface area contributed by atoms with Gasteiger partial charge in [-0.1, -0.05) is 32.4 Å². The Labute approximate surface area is 183 Å². The van der Waals surface area contributed by atoms with Crippen molar-refractivity contribution in [2.45, 2.75) is 96.7 Å². The maximum Gasteiger partial charge on any atom is 0.0577 e. The summed E-state index contributed by atoms with van der Waals surface area (Å²) in [5.41, 5.74) is 2.03. The lowest BCUT2D eigenvalue weighted by molar-refractivity contribution is -0.0890. The third-order valence-electron chi connectivity index (χ3n) is 11.7. The zero-order valence-electron chi connectivity index (χ0n) is 19.4. The molecular weight excluding hydrogens is 370 g/mol. The van der Waals surface area contributed by atoms with Crippen molar-refractivity contribution in [1.29, 1.82) is 0 Å². The van der Waals surface area contributed by atoms with E-state index in [4.69, 9.17) is 0 Å². The molecule has 2 heterocycles. The highest BCUT2D eigenvalue weighted by Gasteiger charge is 2.67. The summed E-state index contributed by atoms with van der Waals surface area (Å²) >= 11 is 0. The van der Waals surface area contributed by atoms with Gasteiger partial charge in [0.1, 0.15) is 0 Å². The topological polar surface area (TPSA) is 43.7 Å². The average Bonchev–Trinajstić information content (AvgIpc) is 3.22. The van der Waals surface area contributed by atoms with Gasteiger partial charge in [-0.3, -0.25) is 4.90 Å². The number of hydrogen-bond acceptors (Lipinski definition) is 3. The van der Waals surface area contributed by atoms with Crippen molar-refractivity contribution in [3.63, 3.8) is 0 Å². The molecule has 5 fully saturated rings. The van der Waals surface area contributed by atoms with Crippen LogP contribution >= 0.6 is 0 Å². The van der Waals surface area contributed by atoms with Crippen molar-refractivity contribution in [2.24, 2.45) is 46.3 Å². The van der Waals surface area contributed by atoms with E-state index in [0.717, 1.165) is 55.0 Å². The van der Waals surface area contributed by atoms with Gasteiger partial charge in [0, 0.05) is 30.7 Å². The fraction of sp³-hybridized carbons (Fsp3) is 0.926. The van der Waals surface area contributed by atoms with Crippen LogP contribution in [-0.4, -0.2) is 46.5 Å². The van der Waals surface area contributed by atoms with Crippen LogP contribution in [0.2, 0.25) is 0 Å². The molecule has 0 aromatic rings. The van der Waals surface area contributed by atoms with Crippen molar-refractivity contribution in [1.82, 2.24) is 4.90 Å². The first kappa shape index (κ1) is 20.2.